The van der Waals surface area contributed by atoms with Crippen molar-refractivity contribution in [2.45, 2.75) is 44.0 Å². The number of esters is 1. The third-order valence-corrected chi connectivity index (χ3v) is 10.6. The second-order valence-electron chi connectivity index (χ2n) is 15.7. The lowest BCUT2D eigenvalue weighted by atomic mass is 10.0. The molecule has 0 saturated heterocycles. The van der Waals surface area contributed by atoms with Gasteiger partial charge in [0.2, 0.25) is 29.2 Å². The van der Waals surface area contributed by atoms with E-state index in [-0.39, 0.29) is 64.2 Å². The molecule has 0 spiro atoms. The summed E-state index contributed by atoms with van der Waals surface area (Å²) in [6, 6.07) is 5.68. The van der Waals surface area contributed by atoms with Gasteiger partial charge in [0.15, 0.2) is 11.6 Å². The normalized spacial score (nSPS) is 12.2. The van der Waals surface area contributed by atoms with Gasteiger partial charge >= 0.3 is 5.97 Å². The Morgan fingerprint density at radius 2 is 1.08 bits per heavy atom. The number of carbonyl (C=O) groups excluding carboxylic acids is 3. The number of nitrogens with one attached hydrogen (secondary N) is 2. The fourth-order valence-corrected chi connectivity index (χ4v) is 6.60. The van der Waals surface area contributed by atoms with Gasteiger partial charge in [-0.05, 0) is 24.1 Å². The van der Waals surface area contributed by atoms with Crippen LogP contribution in [0.15, 0.2) is 46.1 Å². The number of nitrogens with zero attached hydrogens (tertiary/aromatic N) is 3. The highest BCUT2D eigenvalue weighted by Crippen LogP contribution is 2.35. The van der Waals surface area contributed by atoms with E-state index in [9.17, 15) is 31.9 Å². The number of hydrogen-bond donors (Lipinski definition) is 4. The van der Waals surface area contributed by atoms with Crippen LogP contribution in [0.4, 0.5) is 23.2 Å². The van der Waals surface area contributed by atoms with E-state index in [1.165, 1.54) is 0 Å². The van der Waals surface area contributed by atoms with E-state index in [2.05, 4.69) is 30.3 Å². The minimum Gasteiger partial charge on any atom is -0.420 e. The molecule has 5 N–H and O–H groups in total. The summed E-state index contributed by atoms with van der Waals surface area (Å²) < 4.78 is 123. The summed E-state index contributed by atoms with van der Waals surface area (Å²) >= 11 is -0.522. The van der Waals surface area contributed by atoms with E-state index in [1.807, 2.05) is 31.2 Å². The maximum Gasteiger partial charge on any atom is 0.313 e. The number of amides is 2. The van der Waals surface area contributed by atoms with Crippen LogP contribution in [0.25, 0.3) is 17.2 Å². The standard InChI is InChI=1S/C49H66F4N6O15S/c1-2-7-55-49(62)36-28-35-4-3-34(29-38(35)59-39(54)30-36)37-31-56-40(57-32-37)33-58-41(60)5-8-64-10-12-66-14-16-68-18-20-70-22-24-72-26-27-73-25-23-71-21-19-69-17-15-67-13-11-65-9-6-42(61)74-47-43(50)45(52)48(75-63)46(53)44(47)51/h3-4,28-29,31-32,63H,2,5-27,30,33H2,1H3,(H2,54,59)(H,55,62)(H,58,60). The maximum absolute atomic E-state index is 13.9. The van der Waals surface area contributed by atoms with Crippen LogP contribution in [0.3, 0.4) is 0 Å². The van der Waals surface area contributed by atoms with Gasteiger partial charge in [-0.1, -0.05) is 19.1 Å². The first kappa shape index (κ1) is 62.3. The van der Waals surface area contributed by atoms with Crippen LogP contribution in [0.5, 0.6) is 5.75 Å². The number of fused-ring (bicyclic) bond motifs is 1. The van der Waals surface area contributed by atoms with Crippen molar-refractivity contribution in [3.63, 3.8) is 0 Å². The fourth-order valence-electron chi connectivity index (χ4n) is 6.26. The van der Waals surface area contributed by atoms with E-state index in [1.54, 1.807) is 12.4 Å². The first-order valence-electron chi connectivity index (χ1n) is 24.2. The van der Waals surface area contributed by atoms with Crippen molar-refractivity contribution in [2.75, 3.05) is 139 Å². The Kier molecular flexibility index (Phi) is 31.2. The monoisotopic (exact) mass is 1090 g/mol. The number of nitrogens with two attached hydrogens (primary N) is 1. The molecule has 2 heterocycles. The number of amidine groups is 1. The number of aromatic nitrogens is 2. The van der Waals surface area contributed by atoms with Crippen LogP contribution in [-0.2, 0) is 68.3 Å². The molecular formula is C49H66F4N6O15S. The number of halogens is 4. The first-order valence-corrected chi connectivity index (χ1v) is 25.0. The van der Waals surface area contributed by atoms with Crippen LogP contribution in [-0.4, -0.2) is 177 Å². The van der Waals surface area contributed by atoms with Crippen molar-refractivity contribution >= 4 is 47.4 Å². The molecule has 0 radical (unpaired) electrons. The van der Waals surface area contributed by atoms with E-state index in [0.29, 0.717) is 129 Å². The van der Waals surface area contributed by atoms with Crippen LogP contribution in [0.1, 0.15) is 44.0 Å². The van der Waals surface area contributed by atoms with Gasteiger partial charge in [-0.2, -0.15) is 8.78 Å². The quantitative estimate of drug-likeness (QED) is 0.0149. The minimum atomic E-state index is -1.95. The number of benzene rings is 2. The lowest BCUT2D eigenvalue weighted by molar-refractivity contribution is -0.136. The van der Waals surface area contributed by atoms with Crippen molar-refractivity contribution in [3.05, 3.63) is 70.8 Å². The summed E-state index contributed by atoms with van der Waals surface area (Å²) in [5.74, 6) is -9.94. The highest BCUT2D eigenvalue weighted by atomic mass is 32.2. The number of rotatable bonds is 41. The predicted octanol–water partition coefficient (Wildman–Crippen LogP) is 4.74. The Morgan fingerprint density at radius 1 is 0.627 bits per heavy atom. The molecule has 0 fully saturated rings. The van der Waals surface area contributed by atoms with Gasteiger partial charge < -0.3 is 73.0 Å². The van der Waals surface area contributed by atoms with Gasteiger partial charge in [0.1, 0.15) is 16.6 Å². The minimum absolute atomic E-state index is 0.0854. The largest absolute Gasteiger partial charge is 0.420 e. The summed E-state index contributed by atoms with van der Waals surface area (Å²) in [4.78, 5) is 48.7. The highest BCUT2D eigenvalue weighted by molar-refractivity contribution is 7.93. The van der Waals surface area contributed by atoms with Crippen LogP contribution >= 0.6 is 12.0 Å². The molecule has 1 aliphatic heterocycles. The number of hydrogen-bond acceptors (Lipinski definition) is 20. The van der Waals surface area contributed by atoms with Crippen LogP contribution < -0.4 is 21.1 Å². The van der Waals surface area contributed by atoms with Crippen molar-refractivity contribution in [1.29, 1.82) is 0 Å². The summed E-state index contributed by atoms with van der Waals surface area (Å²) in [7, 11) is 0. The molecule has 1 aliphatic rings. The SMILES string of the molecule is CCCNC(=O)C1=Cc2ccc(-c3cnc(CNC(=O)CCOCCOCCOCCOCCOCCOCCOCCOCCOCCOCCC(=O)Oc4c(F)c(F)c(SO)c(F)c4F)nc3)cc2N=C(N)C1. The van der Waals surface area contributed by atoms with Crippen LogP contribution in [0, 0.1) is 23.3 Å². The third kappa shape index (κ3) is 24.5. The second-order valence-corrected chi connectivity index (χ2v) is 16.3. The number of carbonyl (C=O) groups is 3. The van der Waals surface area contributed by atoms with Crippen LogP contribution in [0.2, 0.25) is 0 Å². The maximum atomic E-state index is 13.9. The molecule has 21 nitrogen and oxygen atoms in total. The summed E-state index contributed by atoms with van der Waals surface area (Å²) in [5.41, 5.74) is 9.74. The fraction of sp³-hybridized carbons (Fsp3) is 0.551. The highest BCUT2D eigenvalue weighted by Gasteiger charge is 2.28. The average Bonchev–Trinajstić information content (AvgIpc) is 3.58. The molecule has 75 heavy (non-hydrogen) atoms. The predicted molar refractivity (Wildman–Crippen MR) is 264 cm³/mol. The zero-order valence-electron chi connectivity index (χ0n) is 41.9. The molecule has 1 aromatic heterocycles. The Bertz CT molecular complexity index is 2220. The average molecular weight is 1090 g/mol. The van der Waals surface area contributed by atoms with Gasteiger partial charge in [-0.15, -0.1) is 0 Å². The van der Waals surface area contributed by atoms with Gasteiger partial charge in [0.05, 0.1) is 151 Å². The Hall–Kier alpha value is -5.23. The van der Waals surface area contributed by atoms with Crippen molar-refractivity contribution < 1.29 is 88.6 Å². The molecule has 416 valence electrons. The smallest absolute Gasteiger partial charge is 0.313 e. The zero-order valence-corrected chi connectivity index (χ0v) is 42.7. The molecular weight excluding hydrogens is 1020 g/mol. The Balaban J connectivity index is 0.837. The number of aliphatic imine (C=N–C) groups is 1. The van der Waals surface area contributed by atoms with Gasteiger partial charge in [0.25, 0.3) is 0 Å². The topological polar surface area (TPSA) is 261 Å². The van der Waals surface area contributed by atoms with E-state index in [4.69, 9.17) is 57.7 Å². The van der Waals surface area contributed by atoms with Crippen molar-refractivity contribution in [1.82, 2.24) is 20.6 Å². The molecule has 26 heteroatoms. The Labute approximate surface area is 436 Å². The molecule has 4 rings (SSSR count). The molecule has 0 bridgehead atoms. The first-order chi connectivity index (χ1) is 36.5. The molecule has 2 amide bonds. The van der Waals surface area contributed by atoms with Crippen molar-refractivity contribution in [2.24, 2.45) is 10.7 Å². The zero-order chi connectivity index (χ0) is 53.9. The van der Waals surface area contributed by atoms with Gasteiger partial charge in [0, 0.05) is 60.5 Å². The molecule has 0 atom stereocenters. The van der Waals surface area contributed by atoms with Gasteiger partial charge in [-0.25, -0.2) is 23.7 Å². The summed E-state index contributed by atoms with van der Waals surface area (Å²) in [6.07, 6.45) is 5.99. The third-order valence-electron chi connectivity index (χ3n) is 10.1. The lowest BCUT2D eigenvalue weighted by Gasteiger charge is -2.10. The van der Waals surface area contributed by atoms with E-state index >= 15 is 0 Å². The second kappa shape index (κ2) is 37.5. The van der Waals surface area contributed by atoms with E-state index < -0.39 is 58.3 Å². The lowest BCUT2D eigenvalue weighted by Crippen LogP contribution is -2.27. The molecule has 3 aromatic rings. The molecule has 0 aliphatic carbocycles. The number of ether oxygens (including phenoxy) is 11. The molecule has 0 unspecified atom stereocenters. The van der Waals surface area contributed by atoms with Crippen molar-refractivity contribution in [3.8, 4) is 16.9 Å². The summed E-state index contributed by atoms with van der Waals surface area (Å²) in [5, 5.41) is 5.69. The Morgan fingerprint density at radius 3 is 1.53 bits per heavy atom. The summed E-state index contributed by atoms with van der Waals surface area (Å²) in [6.45, 7) is 9.02. The molecule has 0 saturated carbocycles. The molecule has 2 aromatic carbocycles. The van der Waals surface area contributed by atoms with E-state index in [0.717, 1.165) is 23.1 Å². The van der Waals surface area contributed by atoms with Gasteiger partial charge in [-0.3, -0.25) is 14.4 Å².